The van der Waals surface area contributed by atoms with Crippen LogP contribution in [0.25, 0.3) is 0 Å². The summed E-state index contributed by atoms with van der Waals surface area (Å²) in [6, 6.07) is 20.0. The van der Waals surface area contributed by atoms with Crippen molar-refractivity contribution in [3.8, 4) is 5.75 Å². The van der Waals surface area contributed by atoms with E-state index in [-0.39, 0.29) is 0 Å². The maximum Gasteiger partial charge on any atom is 0.274 e. The lowest BCUT2D eigenvalue weighted by molar-refractivity contribution is 0.558. The van der Waals surface area contributed by atoms with Crippen LogP contribution in [0.2, 0.25) is 13.1 Å². The fourth-order valence-electron chi connectivity index (χ4n) is 2.41. The molecule has 4 heteroatoms. The molecule has 3 nitrogen and oxygen atoms in total. The third-order valence-corrected chi connectivity index (χ3v) is 4.09. The number of nitrogens with zero attached hydrogens (tertiary/aromatic N) is 1. The summed E-state index contributed by atoms with van der Waals surface area (Å²) in [5.41, 5.74) is 3.79. The molecule has 0 N–H and O–H groups in total. The van der Waals surface area contributed by atoms with Crippen molar-refractivity contribution in [1.82, 2.24) is 0 Å². The summed E-state index contributed by atoms with van der Waals surface area (Å²) in [4.78, 5) is 4.90. The average Bonchev–Trinajstić information content (AvgIpc) is 3.09. The van der Waals surface area contributed by atoms with E-state index in [1.165, 1.54) is 0 Å². The summed E-state index contributed by atoms with van der Waals surface area (Å²) in [7, 11) is -0.867. The molecule has 1 radical (unpaired) electrons. The fourth-order valence-corrected chi connectivity index (χ4v) is 3.03. The van der Waals surface area contributed by atoms with Gasteiger partial charge in [-0.15, -0.1) is 0 Å². The van der Waals surface area contributed by atoms with Crippen molar-refractivity contribution in [1.29, 1.82) is 0 Å². The van der Waals surface area contributed by atoms with E-state index in [1.807, 2.05) is 60.7 Å². The van der Waals surface area contributed by atoms with Crippen molar-refractivity contribution in [2.75, 3.05) is 0 Å². The molecule has 0 saturated heterocycles. The number of rotatable bonds is 5. The first-order valence-corrected chi connectivity index (χ1v) is 10.3. The second-order valence-corrected chi connectivity index (χ2v) is 7.81. The standard InChI is InChI=1S/C20H20NO2Si/c1-15-11-12-18(23-24(2)3)17(14-15)21-20(19-10-7-13-22-19)16-8-5-4-6-9-16/h4-14H,1-3H3. The van der Waals surface area contributed by atoms with Gasteiger partial charge in [-0.25, -0.2) is 4.99 Å². The highest BCUT2D eigenvalue weighted by Gasteiger charge is 2.13. The summed E-state index contributed by atoms with van der Waals surface area (Å²) in [6.45, 7) is 6.28. The minimum atomic E-state index is -0.867. The van der Waals surface area contributed by atoms with E-state index in [2.05, 4.69) is 20.0 Å². The predicted octanol–water partition coefficient (Wildman–Crippen LogP) is 5.39. The molecular weight excluding hydrogens is 314 g/mol. The number of aliphatic imine (C=N–C) groups is 1. The van der Waals surface area contributed by atoms with Crippen molar-refractivity contribution in [3.63, 3.8) is 0 Å². The van der Waals surface area contributed by atoms with Crippen LogP contribution in [0.4, 0.5) is 5.69 Å². The Labute approximate surface area is 144 Å². The lowest BCUT2D eigenvalue weighted by atomic mass is 10.1. The highest BCUT2D eigenvalue weighted by Crippen LogP contribution is 2.31. The summed E-state index contributed by atoms with van der Waals surface area (Å²) in [5.74, 6) is 1.56. The van der Waals surface area contributed by atoms with Crippen LogP contribution in [0.3, 0.4) is 0 Å². The zero-order valence-corrected chi connectivity index (χ0v) is 15.1. The summed E-state index contributed by atoms with van der Waals surface area (Å²) in [5, 5.41) is 0. The molecule has 0 aliphatic rings. The minimum absolute atomic E-state index is 0.743. The molecule has 0 unspecified atom stereocenters. The largest absolute Gasteiger partial charge is 0.541 e. The zero-order chi connectivity index (χ0) is 16.9. The van der Waals surface area contributed by atoms with Crippen LogP contribution in [0, 0.1) is 6.92 Å². The first-order valence-electron chi connectivity index (χ1n) is 7.90. The van der Waals surface area contributed by atoms with Gasteiger partial charge in [-0.3, -0.25) is 0 Å². The van der Waals surface area contributed by atoms with Gasteiger partial charge in [-0.2, -0.15) is 0 Å². The first-order chi connectivity index (χ1) is 11.6. The van der Waals surface area contributed by atoms with Crippen molar-refractivity contribution in [2.45, 2.75) is 20.0 Å². The maximum absolute atomic E-state index is 6.02. The van der Waals surface area contributed by atoms with Gasteiger partial charge in [0.15, 0.2) is 5.76 Å². The van der Waals surface area contributed by atoms with E-state index < -0.39 is 9.04 Å². The molecule has 0 atom stereocenters. The predicted molar refractivity (Wildman–Crippen MR) is 99.7 cm³/mol. The smallest absolute Gasteiger partial charge is 0.274 e. The summed E-state index contributed by atoms with van der Waals surface area (Å²) >= 11 is 0. The van der Waals surface area contributed by atoms with E-state index >= 15 is 0 Å². The number of hydrogen-bond acceptors (Lipinski definition) is 3. The Kier molecular flexibility index (Phi) is 4.96. The van der Waals surface area contributed by atoms with E-state index in [4.69, 9.17) is 13.8 Å². The molecule has 0 amide bonds. The van der Waals surface area contributed by atoms with E-state index in [0.717, 1.165) is 34.0 Å². The van der Waals surface area contributed by atoms with Crippen LogP contribution in [0.5, 0.6) is 5.75 Å². The Hall–Kier alpha value is -2.59. The van der Waals surface area contributed by atoms with Gasteiger partial charge in [0.1, 0.15) is 17.1 Å². The number of benzene rings is 2. The van der Waals surface area contributed by atoms with Crippen LogP contribution in [-0.2, 0) is 0 Å². The third-order valence-electron chi connectivity index (χ3n) is 3.46. The van der Waals surface area contributed by atoms with Crippen molar-refractivity contribution >= 4 is 20.4 Å². The SMILES string of the molecule is Cc1ccc(O[Si](C)C)c(N=C(c2ccccc2)c2ccco2)c1. The molecule has 2 aromatic carbocycles. The number of furan rings is 1. The van der Waals surface area contributed by atoms with Crippen molar-refractivity contribution in [3.05, 3.63) is 83.8 Å². The Morgan fingerprint density at radius 2 is 1.79 bits per heavy atom. The molecular formula is C20H20NO2Si. The van der Waals surface area contributed by atoms with Gasteiger partial charge in [-0.1, -0.05) is 36.4 Å². The lowest BCUT2D eigenvalue weighted by Gasteiger charge is -2.13. The highest BCUT2D eigenvalue weighted by molar-refractivity contribution is 6.49. The molecule has 121 valence electrons. The maximum atomic E-state index is 6.02. The Bertz CT molecular complexity index is 824. The van der Waals surface area contributed by atoms with Crippen molar-refractivity contribution < 1.29 is 8.84 Å². The molecule has 0 aliphatic carbocycles. The van der Waals surface area contributed by atoms with Crippen LogP contribution in [0.15, 0.2) is 76.3 Å². The topological polar surface area (TPSA) is 34.7 Å². The second-order valence-electron chi connectivity index (χ2n) is 5.79. The summed E-state index contributed by atoms with van der Waals surface area (Å²) < 4.78 is 11.6. The fraction of sp³-hybridized carbons (Fsp3) is 0.150. The van der Waals surface area contributed by atoms with E-state index in [9.17, 15) is 0 Å². The second kappa shape index (κ2) is 7.32. The first kappa shape index (κ1) is 16.3. The summed E-state index contributed by atoms with van der Waals surface area (Å²) in [6.07, 6.45) is 1.67. The van der Waals surface area contributed by atoms with Gasteiger partial charge < -0.3 is 8.84 Å². The van der Waals surface area contributed by atoms with Crippen LogP contribution < -0.4 is 4.43 Å². The molecule has 1 heterocycles. The number of aryl methyl sites for hydroxylation is 1. The third kappa shape index (κ3) is 3.84. The highest BCUT2D eigenvalue weighted by atomic mass is 28.3. The quantitative estimate of drug-likeness (QED) is 0.463. The average molecular weight is 334 g/mol. The molecule has 0 aliphatic heterocycles. The van der Waals surface area contributed by atoms with Gasteiger partial charge in [0.2, 0.25) is 0 Å². The molecule has 3 rings (SSSR count). The molecule has 1 aromatic heterocycles. The van der Waals surface area contributed by atoms with Gasteiger partial charge in [0.25, 0.3) is 9.04 Å². The van der Waals surface area contributed by atoms with Crippen molar-refractivity contribution in [2.24, 2.45) is 4.99 Å². The minimum Gasteiger partial charge on any atom is -0.541 e. The van der Waals surface area contributed by atoms with Gasteiger partial charge in [0, 0.05) is 5.56 Å². The van der Waals surface area contributed by atoms with E-state index in [1.54, 1.807) is 6.26 Å². The Morgan fingerprint density at radius 3 is 2.46 bits per heavy atom. The zero-order valence-electron chi connectivity index (χ0n) is 14.1. The Balaban J connectivity index is 2.13. The molecule has 0 bridgehead atoms. The number of hydrogen-bond donors (Lipinski definition) is 0. The molecule has 3 aromatic rings. The van der Waals surface area contributed by atoms with Crippen LogP contribution >= 0.6 is 0 Å². The normalized spacial score (nSPS) is 11.8. The van der Waals surface area contributed by atoms with Gasteiger partial charge in [0.05, 0.1) is 6.26 Å². The lowest BCUT2D eigenvalue weighted by Crippen LogP contribution is -2.11. The molecule has 0 saturated carbocycles. The molecule has 0 fully saturated rings. The van der Waals surface area contributed by atoms with Crippen LogP contribution in [0.1, 0.15) is 16.9 Å². The van der Waals surface area contributed by atoms with Gasteiger partial charge in [-0.05, 0) is 49.8 Å². The monoisotopic (exact) mass is 334 g/mol. The molecule has 0 spiro atoms. The van der Waals surface area contributed by atoms with E-state index in [0.29, 0.717) is 0 Å². The van der Waals surface area contributed by atoms with Gasteiger partial charge >= 0.3 is 0 Å². The van der Waals surface area contributed by atoms with Crippen LogP contribution in [-0.4, -0.2) is 14.8 Å². The Morgan fingerprint density at radius 1 is 1.00 bits per heavy atom. The molecule has 24 heavy (non-hydrogen) atoms.